The molecule has 1 saturated heterocycles. The minimum atomic E-state index is -3.64. The van der Waals surface area contributed by atoms with Crippen LogP contribution in [0.25, 0.3) is 11.4 Å². The summed E-state index contributed by atoms with van der Waals surface area (Å²) in [5.74, 6) is 1.20. The third-order valence-electron chi connectivity index (χ3n) is 4.77. The molecule has 162 valence electrons. The van der Waals surface area contributed by atoms with Crippen LogP contribution in [0.3, 0.4) is 0 Å². The molecule has 0 spiro atoms. The Balaban J connectivity index is 1.72. The Bertz CT molecular complexity index is 1180. The second kappa shape index (κ2) is 9.23. The lowest BCUT2D eigenvalue weighted by molar-refractivity contribution is 0.0730. The molecule has 31 heavy (non-hydrogen) atoms. The van der Waals surface area contributed by atoms with Crippen molar-refractivity contribution in [3.05, 3.63) is 48.4 Å². The Morgan fingerprint density at radius 3 is 2.74 bits per heavy atom. The summed E-state index contributed by atoms with van der Waals surface area (Å²) in [6.07, 6.45) is 1.58. The molecule has 3 aromatic rings. The van der Waals surface area contributed by atoms with Gasteiger partial charge in [-0.05, 0) is 31.2 Å². The summed E-state index contributed by atoms with van der Waals surface area (Å²) < 4.78 is 40.2. The molecule has 3 heterocycles. The maximum atomic E-state index is 13.1. The lowest BCUT2D eigenvalue weighted by atomic mass is 10.2. The predicted octanol–water partition coefficient (Wildman–Crippen LogP) is 2.61. The molecule has 0 bridgehead atoms. The number of thioether (sulfide) groups is 1. The fraction of sp³-hybridized carbons (Fsp3) is 0.350. The van der Waals surface area contributed by atoms with Gasteiger partial charge in [-0.25, -0.2) is 8.42 Å². The van der Waals surface area contributed by atoms with E-state index in [0.29, 0.717) is 55.2 Å². The summed E-state index contributed by atoms with van der Waals surface area (Å²) in [6, 6.07) is 12.5. The van der Waals surface area contributed by atoms with Crippen LogP contribution in [0.1, 0.15) is 12.7 Å². The van der Waals surface area contributed by atoms with E-state index < -0.39 is 10.0 Å². The lowest BCUT2D eigenvalue weighted by Gasteiger charge is -2.26. The topological polar surface area (TPSA) is 114 Å². The van der Waals surface area contributed by atoms with E-state index in [1.807, 2.05) is 10.6 Å². The summed E-state index contributed by atoms with van der Waals surface area (Å²) in [6.45, 7) is 3.56. The molecule has 2 aromatic heterocycles. The number of morpholine rings is 1. The second-order valence-corrected chi connectivity index (χ2v) is 10.2. The molecular weight excluding hydrogens is 438 g/mol. The lowest BCUT2D eigenvalue weighted by Crippen LogP contribution is -2.40. The highest BCUT2D eigenvalue weighted by molar-refractivity contribution is 8.00. The van der Waals surface area contributed by atoms with Gasteiger partial charge in [0.1, 0.15) is 5.76 Å². The van der Waals surface area contributed by atoms with E-state index in [9.17, 15) is 13.7 Å². The molecule has 9 nitrogen and oxygen atoms in total. The van der Waals surface area contributed by atoms with Gasteiger partial charge in [-0.1, -0.05) is 23.9 Å². The van der Waals surface area contributed by atoms with Crippen molar-refractivity contribution in [2.45, 2.75) is 28.8 Å². The quantitative estimate of drug-likeness (QED) is 0.495. The van der Waals surface area contributed by atoms with Crippen LogP contribution in [0.5, 0.6) is 0 Å². The van der Waals surface area contributed by atoms with Crippen LogP contribution in [-0.2, 0) is 21.3 Å². The highest BCUT2D eigenvalue weighted by atomic mass is 32.2. The number of hydrogen-bond donors (Lipinski definition) is 0. The number of ether oxygens (including phenoxy) is 1. The normalized spacial score (nSPS) is 16.1. The van der Waals surface area contributed by atoms with Crippen LogP contribution >= 0.6 is 11.8 Å². The van der Waals surface area contributed by atoms with Gasteiger partial charge in [0.2, 0.25) is 10.0 Å². The van der Waals surface area contributed by atoms with Crippen molar-refractivity contribution in [3.8, 4) is 17.5 Å². The molecule has 0 radical (unpaired) electrons. The minimum absolute atomic E-state index is 0.194. The van der Waals surface area contributed by atoms with Crippen molar-refractivity contribution in [2.24, 2.45) is 0 Å². The van der Waals surface area contributed by atoms with Gasteiger partial charge in [-0.3, -0.25) is 4.57 Å². The zero-order valence-corrected chi connectivity index (χ0v) is 18.5. The molecular formula is C20H21N5O4S2. The Kier molecular flexibility index (Phi) is 6.43. The van der Waals surface area contributed by atoms with Crippen LogP contribution in [0.2, 0.25) is 0 Å². The number of rotatable bonds is 7. The molecule has 0 aliphatic carbocycles. The first kappa shape index (κ1) is 21.6. The molecule has 0 N–H and O–H groups in total. The Morgan fingerprint density at radius 2 is 2.03 bits per heavy atom. The first-order valence-corrected chi connectivity index (χ1v) is 12.0. The average molecular weight is 460 g/mol. The van der Waals surface area contributed by atoms with Crippen LogP contribution in [-0.4, -0.2) is 59.0 Å². The van der Waals surface area contributed by atoms with E-state index in [1.165, 1.54) is 16.1 Å². The number of furan rings is 1. The molecule has 1 aliphatic heterocycles. The highest BCUT2D eigenvalue weighted by Gasteiger charge is 2.27. The van der Waals surface area contributed by atoms with E-state index in [4.69, 9.17) is 9.15 Å². The summed E-state index contributed by atoms with van der Waals surface area (Å²) in [7, 11) is -3.64. The van der Waals surface area contributed by atoms with Gasteiger partial charge in [0, 0.05) is 18.7 Å². The number of nitrogens with zero attached hydrogens (tertiary/aromatic N) is 5. The smallest absolute Gasteiger partial charge is 0.243 e. The Hall–Kier alpha value is -2.65. The Labute approximate surface area is 184 Å². The summed E-state index contributed by atoms with van der Waals surface area (Å²) in [5.41, 5.74) is 0.616. The number of sulfonamides is 1. The van der Waals surface area contributed by atoms with Gasteiger partial charge < -0.3 is 9.15 Å². The van der Waals surface area contributed by atoms with Gasteiger partial charge in [0.05, 0.1) is 42.2 Å². The molecule has 4 rings (SSSR count). The Morgan fingerprint density at radius 1 is 1.23 bits per heavy atom. The monoisotopic (exact) mass is 459 g/mol. The van der Waals surface area contributed by atoms with E-state index in [-0.39, 0.29) is 10.1 Å². The number of nitriles is 1. The van der Waals surface area contributed by atoms with Crippen LogP contribution < -0.4 is 0 Å². The van der Waals surface area contributed by atoms with Gasteiger partial charge >= 0.3 is 0 Å². The molecule has 0 amide bonds. The molecule has 1 atom stereocenters. The summed E-state index contributed by atoms with van der Waals surface area (Å²) >= 11 is 1.29. The maximum Gasteiger partial charge on any atom is 0.243 e. The van der Waals surface area contributed by atoms with Crippen molar-refractivity contribution in [2.75, 3.05) is 26.3 Å². The zero-order valence-electron chi connectivity index (χ0n) is 16.8. The van der Waals surface area contributed by atoms with Crippen LogP contribution in [0, 0.1) is 11.3 Å². The van der Waals surface area contributed by atoms with Gasteiger partial charge in [-0.15, -0.1) is 10.2 Å². The third kappa shape index (κ3) is 4.67. The summed E-state index contributed by atoms with van der Waals surface area (Å²) in [5, 5.41) is 18.0. The van der Waals surface area contributed by atoms with Gasteiger partial charge in [-0.2, -0.15) is 9.57 Å². The van der Waals surface area contributed by atoms with Crippen molar-refractivity contribution >= 4 is 21.8 Å². The predicted molar refractivity (Wildman–Crippen MR) is 114 cm³/mol. The van der Waals surface area contributed by atoms with Crippen molar-refractivity contribution in [1.82, 2.24) is 19.1 Å². The van der Waals surface area contributed by atoms with Crippen molar-refractivity contribution < 1.29 is 17.6 Å². The zero-order chi connectivity index (χ0) is 21.8. The van der Waals surface area contributed by atoms with Gasteiger partial charge in [0.15, 0.2) is 11.0 Å². The first-order chi connectivity index (χ1) is 15.0. The van der Waals surface area contributed by atoms with E-state index in [1.54, 1.807) is 43.5 Å². The van der Waals surface area contributed by atoms with Crippen LogP contribution in [0.15, 0.2) is 57.1 Å². The van der Waals surface area contributed by atoms with Crippen LogP contribution in [0.4, 0.5) is 0 Å². The molecule has 11 heteroatoms. The second-order valence-electron chi connectivity index (χ2n) is 6.91. The highest BCUT2D eigenvalue weighted by Crippen LogP contribution is 2.29. The largest absolute Gasteiger partial charge is 0.467 e. The maximum absolute atomic E-state index is 13.1. The fourth-order valence-corrected chi connectivity index (χ4v) is 5.40. The number of aromatic nitrogens is 3. The number of benzene rings is 1. The standard InChI is InChI=1S/C20H21N5O4S2/c1-15(13-21)30-20-23-22-19(25(20)14-17-5-3-9-29-17)16-4-2-6-18(12-16)31(26,27)24-7-10-28-11-8-24/h2-6,9,12,15H,7-8,10-11,14H2,1H3/t15-/m1/s1. The van der Waals surface area contributed by atoms with Gasteiger partial charge in [0.25, 0.3) is 0 Å². The van der Waals surface area contributed by atoms with Crippen molar-refractivity contribution in [1.29, 1.82) is 5.26 Å². The summed E-state index contributed by atoms with van der Waals surface area (Å²) in [4.78, 5) is 0.194. The molecule has 1 aliphatic rings. The average Bonchev–Trinajstić information content (AvgIpc) is 3.45. The fourth-order valence-electron chi connectivity index (χ4n) is 3.21. The number of hydrogen-bond acceptors (Lipinski definition) is 8. The SMILES string of the molecule is C[C@H](C#N)Sc1nnc(-c2cccc(S(=O)(=O)N3CCOCC3)c2)n1Cc1ccco1. The third-order valence-corrected chi connectivity index (χ3v) is 7.64. The van der Waals surface area contributed by atoms with Crippen molar-refractivity contribution in [3.63, 3.8) is 0 Å². The van der Waals surface area contributed by atoms with E-state index in [2.05, 4.69) is 16.3 Å². The minimum Gasteiger partial charge on any atom is -0.467 e. The van der Waals surface area contributed by atoms with E-state index in [0.717, 1.165) is 0 Å². The molecule has 1 fully saturated rings. The molecule has 0 saturated carbocycles. The molecule has 1 aromatic carbocycles. The first-order valence-electron chi connectivity index (χ1n) is 9.69. The molecule has 0 unspecified atom stereocenters. The van der Waals surface area contributed by atoms with E-state index >= 15 is 0 Å².